The largest absolute Gasteiger partial charge is 0.373 e. The van der Waals surface area contributed by atoms with Crippen LogP contribution in [0.4, 0.5) is 10.1 Å². The van der Waals surface area contributed by atoms with E-state index in [0.29, 0.717) is 12.1 Å². The quantitative estimate of drug-likeness (QED) is 0.874. The number of rotatable bonds is 1. The van der Waals surface area contributed by atoms with Gasteiger partial charge in [0.1, 0.15) is 5.82 Å². The number of benzene rings is 2. The van der Waals surface area contributed by atoms with Gasteiger partial charge in [-0.2, -0.15) is 0 Å². The minimum atomic E-state index is -1.10. The lowest BCUT2D eigenvalue weighted by Crippen LogP contribution is -2.34. The second-order valence-corrected chi connectivity index (χ2v) is 5.14. The summed E-state index contributed by atoms with van der Waals surface area (Å²) in [7, 11) is 0. The van der Waals surface area contributed by atoms with Gasteiger partial charge in [0, 0.05) is 11.3 Å². The average molecular weight is 282 g/mol. The van der Waals surface area contributed by atoms with E-state index >= 15 is 0 Å². The molecule has 1 atom stereocenters. The molecule has 1 N–H and O–H groups in total. The van der Waals surface area contributed by atoms with E-state index in [1.54, 1.807) is 12.1 Å². The summed E-state index contributed by atoms with van der Waals surface area (Å²) in [6, 6.07) is 13.4. The van der Waals surface area contributed by atoms with Crippen LogP contribution >= 0.6 is 0 Å². The van der Waals surface area contributed by atoms with Gasteiger partial charge in [-0.05, 0) is 23.8 Å². The maximum atomic E-state index is 13.0. The Balaban J connectivity index is 1.72. The predicted molar refractivity (Wildman–Crippen MR) is 75.4 cm³/mol. The number of nitrogens with zero attached hydrogens (tertiary/aromatic N) is 1. The molecule has 0 saturated carbocycles. The summed E-state index contributed by atoms with van der Waals surface area (Å²) in [5.41, 5.74) is 1.83. The van der Waals surface area contributed by atoms with E-state index in [9.17, 15) is 9.18 Å². The Bertz CT molecular complexity index is 770. The first-order valence-corrected chi connectivity index (χ1v) is 6.61. The monoisotopic (exact) mass is 282 g/mol. The summed E-state index contributed by atoms with van der Waals surface area (Å²) in [6.07, 6.45) is 0.335. The molecule has 2 heterocycles. The number of para-hydroxylation sites is 1. The molecule has 2 aliphatic rings. The molecule has 5 heteroatoms. The van der Waals surface area contributed by atoms with Gasteiger partial charge in [-0.1, -0.05) is 35.5 Å². The molecule has 0 bridgehead atoms. The van der Waals surface area contributed by atoms with Crippen LogP contribution in [-0.2, 0) is 15.2 Å². The van der Waals surface area contributed by atoms with Crippen molar-refractivity contribution in [2.24, 2.45) is 5.16 Å². The van der Waals surface area contributed by atoms with E-state index in [0.717, 1.165) is 16.8 Å². The van der Waals surface area contributed by atoms with E-state index in [-0.39, 0.29) is 11.7 Å². The zero-order valence-corrected chi connectivity index (χ0v) is 11.0. The number of hydrogen-bond acceptors (Lipinski definition) is 3. The summed E-state index contributed by atoms with van der Waals surface area (Å²) >= 11 is 0. The maximum absolute atomic E-state index is 13.0. The lowest BCUT2D eigenvalue weighted by Gasteiger charge is -2.18. The van der Waals surface area contributed by atoms with Crippen molar-refractivity contribution in [2.75, 3.05) is 5.32 Å². The van der Waals surface area contributed by atoms with Gasteiger partial charge in [0.05, 0.1) is 12.1 Å². The number of carbonyl (C=O) groups is 1. The van der Waals surface area contributed by atoms with E-state index in [1.165, 1.54) is 12.1 Å². The standard InChI is InChI=1S/C16H11FN2O2/c17-11-7-5-10(6-8-11)14-9-16(21-19-14)12-3-1-2-4-13(12)18-15(16)20/h1-8H,9H2,(H,18,20). The fraction of sp³-hybridized carbons (Fsp3) is 0.125. The molecular weight excluding hydrogens is 271 g/mol. The molecule has 0 aromatic heterocycles. The van der Waals surface area contributed by atoms with E-state index in [1.807, 2.05) is 24.3 Å². The molecular formula is C16H11FN2O2. The number of nitrogens with one attached hydrogen (secondary N) is 1. The third kappa shape index (κ3) is 1.67. The van der Waals surface area contributed by atoms with Crippen LogP contribution in [-0.4, -0.2) is 11.6 Å². The number of carbonyl (C=O) groups excluding carboxylic acids is 1. The SMILES string of the molecule is O=C1Nc2ccccc2C12CC(c1ccc(F)cc1)=NO2. The number of halogens is 1. The minimum absolute atomic E-state index is 0.218. The summed E-state index contributed by atoms with van der Waals surface area (Å²) in [6.45, 7) is 0. The fourth-order valence-electron chi connectivity index (χ4n) is 2.79. The van der Waals surface area contributed by atoms with Gasteiger partial charge < -0.3 is 10.2 Å². The van der Waals surface area contributed by atoms with E-state index < -0.39 is 5.60 Å². The average Bonchev–Trinajstić information content (AvgIpc) is 3.05. The zero-order valence-electron chi connectivity index (χ0n) is 11.0. The first-order chi connectivity index (χ1) is 10.2. The van der Waals surface area contributed by atoms with Crippen LogP contribution in [0.5, 0.6) is 0 Å². The summed E-state index contributed by atoms with van der Waals surface area (Å²) in [4.78, 5) is 17.8. The Morgan fingerprint density at radius 1 is 1.14 bits per heavy atom. The zero-order chi connectivity index (χ0) is 14.4. The lowest BCUT2D eigenvalue weighted by molar-refractivity contribution is -0.137. The van der Waals surface area contributed by atoms with E-state index in [4.69, 9.17) is 4.84 Å². The molecule has 0 fully saturated rings. The highest BCUT2D eigenvalue weighted by Crippen LogP contribution is 2.45. The number of amides is 1. The van der Waals surface area contributed by atoms with Crippen molar-refractivity contribution in [2.45, 2.75) is 12.0 Å². The second kappa shape index (κ2) is 4.15. The Kier molecular flexibility index (Phi) is 2.39. The molecule has 2 aromatic rings. The van der Waals surface area contributed by atoms with Crippen molar-refractivity contribution in [1.82, 2.24) is 0 Å². The Morgan fingerprint density at radius 2 is 1.90 bits per heavy atom. The molecule has 4 rings (SSSR count). The van der Waals surface area contributed by atoms with Gasteiger partial charge in [-0.15, -0.1) is 0 Å². The van der Waals surface area contributed by atoms with Crippen molar-refractivity contribution in [3.63, 3.8) is 0 Å². The van der Waals surface area contributed by atoms with Crippen LogP contribution in [0.1, 0.15) is 17.5 Å². The second-order valence-electron chi connectivity index (χ2n) is 5.14. The van der Waals surface area contributed by atoms with Crippen LogP contribution in [0.15, 0.2) is 53.7 Å². The molecule has 0 aliphatic carbocycles. The number of oxime groups is 1. The van der Waals surface area contributed by atoms with Gasteiger partial charge in [0.25, 0.3) is 5.91 Å². The van der Waals surface area contributed by atoms with Crippen molar-refractivity contribution in [3.8, 4) is 0 Å². The number of hydrogen-bond donors (Lipinski definition) is 1. The highest BCUT2D eigenvalue weighted by Gasteiger charge is 2.53. The summed E-state index contributed by atoms with van der Waals surface area (Å²) < 4.78 is 13.0. The van der Waals surface area contributed by atoms with Gasteiger partial charge >= 0.3 is 0 Å². The first kappa shape index (κ1) is 12.1. The fourth-order valence-corrected chi connectivity index (χ4v) is 2.79. The van der Waals surface area contributed by atoms with Crippen LogP contribution in [0.3, 0.4) is 0 Å². The van der Waals surface area contributed by atoms with Crippen molar-refractivity contribution in [3.05, 3.63) is 65.5 Å². The molecule has 104 valence electrons. The van der Waals surface area contributed by atoms with Crippen LogP contribution in [0, 0.1) is 5.82 Å². The molecule has 2 aliphatic heterocycles. The van der Waals surface area contributed by atoms with Gasteiger partial charge in [0.15, 0.2) is 0 Å². The van der Waals surface area contributed by atoms with Gasteiger partial charge in [-0.3, -0.25) is 4.79 Å². The summed E-state index contributed by atoms with van der Waals surface area (Å²) in [5, 5.41) is 6.87. The number of fused-ring (bicyclic) bond motifs is 2. The van der Waals surface area contributed by atoms with Crippen LogP contribution < -0.4 is 5.32 Å². The van der Waals surface area contributed by atoms with Crippen molar-refractivity contribution >= 4 is 17.3 Å². The molecule has 21 heavy (non-hydrogen) atoms. The Morgan fingerprint density at radius 3 is 2.71 bits per heavy atom. The predicted octanol–water partition coefficient (Wildman–Crippen LogP) is 2.80. The molecule has 0 radical (unpaired) electrons. The van der Waals surface area contributed by atoms with E-state index in [2.05, 4.69) is 10.5 Å². The lowest BCUT2D eigenvalue weighted by atomic mass is 9.88. The van der Waals surface area contributed by atoms with Crippen molar-refractivity contribution < 1.29 is 14.0 Å². The third-order valence-electron chi connectivity index (χ3n) is 3.88. The highest BCUT2D eigenvalue weighted by molar-refractivity contribution is 6.12. The molecule has 1 unspecified atom stereocenters. The molecule has 4 nitrogen and oxygen atoms in total. The Labute approximate surface area is 120 Å². The summed E-state index contributed by atoms with van der Waals surface area (Å²) in [5.74, 6) is -0.526. The maximum Gasteiger partial charge on any atom is 0.276 e. The van der Waals surface area contributed by atoms with Crippen LogP contribution in [0.25, 0.3) is 0 Å². The normalized spacial score (nSPS) is 22.7. The van der Waals surface area contributed by atoms with Gasteiger partial charge in [-0.25, -0.2) is 4.39 Å². The molecule has 0 saturated heterocycles. The van der Waals surface area contributed by atoms with Gasteiger partial charge in [0.2, 0.25) is 5.60 Å². The topological polar surface area (TPSA) is 50.7 Å². The minimum Gasteiger partial charge on any atom is -0.373 e. The number of anilines is 1. The third-order valence-corrected chi connectivity index (χ3v) is 3.88. The highest BCUT2D eigenvalue weighted by atomic mass is 19.1. The first-order valence-electron chi connectivity index (χ1n) is 6.61. The van der Waals surface area contributed by atoms with Crippen molar-refractivity contribution in [1.29, 1.82) is 0 Å². The smallest absolute Gasteiger partial charge is 0.276 e. The molecule has 1 amide bonds. The Hall–Kier alpha value is -2.69. The molecule has 1 spiro atoms. The van der Waals surface area contributed by atoms with Crippen LogP contribution in [0.2, 0.25) is 0 Å². The molecule has 2 aromatic carbocycles.